The van der Waals surface area contributed by atoms with Gasteiger partial charge in [-0.15, -0.1) is 0 Å². The van der Waals surface area contributed by atoms with Crippen molar-refractivity contribution in [3.05, 3.63) is 106 Å². The van der Waals surface area contributed by atoms with Crippen LogP contribution in [-0.2, 0) is 22.6 Å². The maximum absolute atomic E-state index is 12.9. The molecule has 1 aliphatic rings. The standard InChI is InChI=1S/C27H30N2O3/c1-3-32-27(31)19-29-20(2)14-23(15-26(29)30)25-18-28(16-21-10-6-4-7-11-21)17-24(25)22-12-8-5-9-13-22/h4-15,24-25H,3,16-19H2,1-2H3/t24-,25+/m1/s1. The number of pyridine rings is 1. The zero-order valence-electron chi connectivity index (χ0n) is 18.7. The molecular weight excluding hydrogens is 400 g/mol. The van der Waals surface area contributed by atoms with Crippen LogP contribution >= 0.6 is 0 Å². The van der Waals surface area contributed by atoms with Gasteiger partial charge in [0, 0.05) is 43.2 Å². The Morgan fingerprint density at radius 2 is 1.56 bits per heavy atom. The van der Waals surface area contributed by atoms with Crippen LogP contribution < -0.4 is 5.56 Å². The maximum Gasteiger partial charge on any atom is 0.326 e. The lowest BCUT2D eigenvalue weighted by Gasteiger charge is -2.20. The van der Waals surface area contributed by atoms with Gasteiger partial charge in [0.1, 0.15) is 6.54 Å². The number of rotatable bonds is 7. The fraction of sp³-hybridized carbons (Fsp3) is 0.333. The van der Waals surface area contributed by atoms with Gasteiger partial charge < -0.3 is 9.30 Å². The Labute approximate surface area is 189 Å². The Kier molecular flexibility index (Phi) is 6.86. The van der Waals surface area contributed by atoms with E-state index in [1.54, 1.807) is 13.0 Å². The van der Waals surface area contributed by atoms with E-state index in [4.69, 9.17) is 4.74 Å². The average Bonchev–Trinajstić information content (AvgIpc) is 3.21. The van der Waals surface area contributed by atoms with Crippen molar-refractivity contribution in [2.24, 2.45) is 0 Å². The number of nitrogens with zero attached hydrogens (tertiary/aromatic N) is 2. The van der Waals surface area contributed by atoms with Crippen molar-refractivity contribution in [1.29, 1.82) is 0 Å². The molecule has 0 spiro atoms. The van der Waals surface area contributed by atoms with E-state index in [1.165, 1.54) is 15.7 Å². The van der Waals surface area contributed by atoms with E-state index >= 15 is 0 Å². The summed E-state index contributed by atoms with van der Waals surface area (Å²) in [5, 5.41) is 0. The molecule has 0 aliphatic carbocycles. The van der Waals surface area contributed by atoms with E-state index in [-0.39, 0.29) is 24.0 Å². The third-order valence-electron chi connectivity index (χ3n) is 6.25. The Balaban J connectivity index is 1.63. The molecule has 0 bridgehead atoms. The number of hydrogen-bond donors (Lipinski definition) is 0. The molecule has 5 heteroatoms. The van der Waals surface area contributed by atoms with Crippen LogP contribution in [0.15, 0.2) is 77.6 Å². The molecule has 0 saturated carbocycles. The first-order valence-electron chi connectivity index (χ1n) is 11.2. The van der Waals surface area contributed by atoms with Crippen LogP contribution in [0, 0.1) is 6.92 Å². The molecule has 1 aliphatic heterocycles. The van der Waals surface area contributed by atoms with Crippen LogP contribution in [0.4, 0.5) is 0 Å². The number of esters is 1. The second-order valence-corrected chi connectivity index (χ2v) is 8.46. The first-order chi connectivity index (χ1) is 15.5. The molecule has 32 heavy (non-hydrogen) atoms. The van der Waals surface area contributed by atoms with Crippen molar-refractivity contribution in [2.75, 3.05) is 19.7 Å². The first kappa shape index (κ1) is 22.0. The number of benzene rings is 2. The molecule has 2 atom stereocenters. The summed E-state index contributed by atoms with van der Waals surface area (Å²) in [6, 6.07) is 24.8. The maximum atomic E-state index is 12.9. The van der Waals surface area contributed by atoms with Crippen molar-refractivity contribution in [3.8, 4) is 0 Å². The van der Waals surface area contributed by atoms with Gasteiger partial charge in [0.25, 0.3) is 5.56 Å². The normalized spacial score (nSPS) is 18.6. The number of aryl methyl sites for hydroxylation is 1. The fourth-order valence-corrected chi connectivity index (χ4v) is 4.74. The first-order valence-corrected chi connectivity index (χ1v) is 11.2. The van der Waals surface area contributed by atoms with E-state index in [2.05, 4.69) is 59.5 Å². The number of likely N-dealkylation sites (tertiary alicyclic amines) is 1. The molecule has 4 rings (SSSR count). The van der Waals surface area contributed by atoms with E-state index < -0.39 is 0 Å². The van der Waals surface area contributed by atoms with Gasteiger partial charge in [-0.25, -0.2) is 0 Å². The van der Waals surface area contributed by atoms with Gasteiger partial charge in [0.2, 0.25) is 0 Å². The molecule has 1 saturated heterocycles. The highest BCUT2D eigenvalue weighted by Crippen LogP contribution is 2.40. The monoisotopic (exact) mass is 430 g/mol. The van der Waals surface area contributed by atoms with Gasteiger partial charge in [-0.3, -0.25) is 14.5 Å². The van der Waals surface area contributed by atoms with Crippen LogP contribution in [-0.4, -0.2) is 35.1 Å². The molecule has 0 amide bonds. The number of carbonyl (C=O) groups excluding carboxylic acids is 1. The lowest BCUT2D eigenvalue weighted by molar-refractivity contribution is -0.143. The molecule has 2 aromatic carbocycles. The van der Waals surface area contributed by atoms with Crippen LogP contribution in [0.5, 0.6) is 0 Å². The quantitative estimate of drug-likeness (QED) is 0.530. The minimum atomic E-state index is -0.387. The summed E-state index contributed by atoms with van der Waals surface area (Å²) in [6.45, 7) is 6.62. The molecule has 0 N–H and O–H groups in total. The predicted octanol–water partition coefficient (Wildman–Crippen LogP) is 4.10. The lowest BCUT2D eigenvalue weighted by Crippen LogP contribution is -2.28. The molecule has 166 valence electrons. The number of aromatic nitrogens is 1. The van der Waals surface area contributed by atoms with Gasteiger partial charge in [0.15, 0.2) is 0 Å². The number of hydrogen-bond acceptors (Lipinski definition) is 4. The Hall–Kier alpha value is -3.18. The van der Waals surface area contributed by atoms with Gasteiger partial charge in [-0.1, -0.05) is 60.7 Å². The lowest BCUT2D eigenvalue weighted by atomic mass is 9.84. The van der Waals surface area contributed by atoms with Crippen molar-refractivity contribution in [3.63, 3.8) is 0 Å². The molecule has 3 aromatic rings. The van der Waals surface area contributed by atoms with Gasteiger partial charge in [0.05, 0.1) is 6.61 Å². The van der Waals surface area contributed by atoms with E-state index in [9.17, 15) is 9.59 Å². The van der Waals surface area contributed by atoms with E-state index in [0.717, 1.165) is 30.9 Å². The summed E-state index contributed by atoms with van der Waals surface area (Å²) >= 11 is 0. The zero-order chi connectivity index (χ0) is 22.5. The third kappa shape index (κ3) is 5.00. The van der Waals surface area contributed by atoms with Gasteiger partial charge >= 0.3 is 5.97 Å². The zero-order valence-corrected chi connectivity index (χ0v) is 18.7. The number of ether oxygens (including phenoxy) is 1. The SMILES string of the molecule is CCOC(=O)Cn1c(C)cc([C@@H]2CN(Cc3ccccc3)C[C@@H]2c2ccccc2)cc1=O. The van der Waals surface area contributed by atoms with Crippen molar-refractivity contribution in [1.82, 2.24) is 9.47 Å². The van der Waals surface area contributed by atoms with Crippen LogP contribution in [0.25, 0.3) is 0 Å². The average molecular weight is 431 g/mol. The summed E-state index contributed by atoms with van der Waals surface area (Å²) in [5.41, 5.74) is 4.26. The summed E-state index contributed by atoms with van der Waals surface area (Å²) in [5.74, 6) is 0.131. The molecule has 1 fully saturated rings. The Morgan fingerprint density at radius 3 is 2.19 bits per heavy atom. The van der Waals surface area contributed by atoms with E-state index in [0.29, 0.717) is 12.5 Å². The Morgan fingerprint density at radius 1 is 0.938 bits per heavy atom. The highest BCUT2D eigenvalue weighted by atomic mass is 16.5. The van der Waals surface area contributed by atoms with Gasteiger partial charge in [-0.05, 0) is 36.6 Å². The summed E-state index contributed by atoms with van der Waals surface area (Å²) < 4.78 is 6.52. The second-order valence-electron chi connectivity index (χ2n) is 8.46. The highest BCUT2D eigenvalue weighted by Gasteiger charge is 2.35. The highest BCUT2D eigenvalue weighted by molar-refractivity contribution is 5.69. The predicted molar refractivity (Wildman–Crippen MR) is 126 cm³/mol. The largest absolute Gasteiger partial charge is 0.465 e. The summed E-state index contributed by atoms with van der Waals surface area (Å²) in [7, 11) is 0. The number of carbonyl (C=O) groups is 1. The van der Waals surface area contributed by atoms with Crippen LogP contribution in [0.2, 0.25) is 0 Å². The van der Waals surface area contributed by atoms with E-state index in [1.807, 2.05) is 19.1 Å². The van der Waals surface area contributed by atoms with Crippen LogP contribution in [0.1, 0.15) is 41.1 Å². The minimum absolute atomic E-state index is 0.0499. The molecular formula is C27H30N2O3. The summed E-state index contributed by atoms with van der Waals surface area (Å²) in [4.78, 5) is 27.3. The summed E-state index contributed by atoms with van der Waals surface area (Å²) in [6.07, 6.45) is 0. The molecule has 0 unspecified atom stereocenters. The van der Waals surface area contributed by atoms with Crippen LogP contribution in [0.3, 0.4) is 0 Å². The Bertz CT molecular complexity index is 1110. The fourth-order valence-electron chi connectivity index (χ4n) is 4.74. The molecule has 0 radical (unpaired) electrons. The smallest absolute Gasteiger partial charge is 0.326 e. The molecule has 2 heterocycles. The van der Waals surface area contributed by atoms with Crippen molar-refractivity contribution in [2.45, 2.75) is 38.8 Å². The van der Waals surface area contributed by atoms with Gasteiger partial charge in [-0.2, -0.15) is 0 Å². The molecule has 1 aromatic heterocycles. The third-order valence-corrected chi connectivity index (χ3v) is 6.25. The van der Waals surface area contributed by atoms with Crippen molar-refractivity contribution < 1.29 is 9.53 Å². The minimum Gasteiger partial charge on any atom is -0.465 e. The second kappa shape index (κ2) is 9.96. The topological polar surface area (TPSA) is 51.5 Å². The van der Waals surface area contributed by atoms with Crippen molar-refractivity contribution >= 4 is 5.97 Å². The molecule has 5 nitrogen and oxygen atoms in total.